The van der Waals surface area contributed by atoms with Crippen LogP contribution in [0.3, 0.4) is 0 Å². The average molecular weight is 503 g/mol. The van der Waals surface area contributed by atoms with Crippen molar-refractivity contribution in [1.82, 2.24) is 24.6 Å². The number of nitrogens with zero attached hydrogens (tertiary/aromatic N) is 5. The number of amides is 4. The number of ether oxygens (including phenoxy) is 2. The zero-order chi connectivity index (χ0) is 24.9. The minimum absolute atomic E-state index is 0.0621. The van der Waals surface area contributed by atoms with Crippen molar-refractivity contribution < 1.29 is 23.5 Å². The van der Waals surface area contributed by atoms with E-state index in [1.54, 1.807) is 54.5 Å². The van der Waals surface area contributed by atoms with Crippen LogP contribution in [0.1, 0.15) is 6.42 Å². The third-order valence-corrected chi connectivity index (χ3v) is 5.63. The van der Waals surface area contributed by atoms with Crippen molar-refractivity contribution in [3.05, 3.63) is 53.7 Å². The predicted molar refractivity (Wildman–Crippen MR) is 127 cm³/mol. The van der Waals surface area contributed by atoms with E-state index in [2.05, 4.69) is 15.4 Å². The van der Waals surface area contributed by atoms with E-state index in [-0.39, 0.29) is 23.0 Å². The number of benzene rings is 1. The molecule has 4 amide bonds. The van der Waals surface area contributed by atoms with Gasteiger partial charge in [0, 0.05) is 70.5 Å². The number of imide groups is 1. The maximum Gasteiger partial charge on any atom is 0.330 e. The molecule has 0 unspecified atom stereocenters. The van der Waals surface area contributed by atoms with Gasteiger partial charge in [-0.3, -0.25) is 9.67 Å². The zero-order valence-electron chi connectivity index (χ0n) is 19.2. The number of methoxy groups -OCH3 is 1. The highest BCUT2D eigenvalue weighted by atomic mass is 35.5. The van der Waals surface area contributed by atoms with Gasteiger partial charge in [0.15, 0.2) is 5.82 Å². The molecule has 3 aromatic rings. The molecular formula is C23H24ClFN6O4. The van der Waals surface area contributed by atoms with Gasteiger partial charge in [-0.1, -0.05) is 11.6 Å². The number of hydrogen-bond donors (Lipinski definition) is 1. The van der Waals surface area contributed by atoms with Crippen LogP contribution >= 0.6 is 11.6 Å². The first-order valence-corrected chi connectivity index (χ1v) is 11.2. The van der Waals surface area contributed by atoms with Gasteiger partial charge in [0.1, 0.15) is 11.5 Å². The highest BCUT2D eigenvalue weighted by Crippen LogP contribution is 2.34. The summed E-state index contributed by atoms with van der Waals surface area (Å²) in [4.78, 5) is 31.9. The normalized spacial score (nSPS) is 13.4. The fraction of sp³-hybridized carbons (Fsp3) is 0.304. The topological polar surface area (TPSA) is 102 Å². The van der Waals surface area contributed by atoms with Gasteiger partial charge in [-0.05, 0) is 18.6 Å². The van der Waals surface area contributed by atoms with Gasteiger partial charge < -0.3 is 19.7 Å². The Labute approximate surface area is 206 Å². The van der Waals surface area contributed by atoms with Crippen molar-refractivity contribution in [3.8, 4) is 22.8 Å². The smallest absolute Gasteiger partial charge is 0.330 e. The third-order valence-electron chi connectivity index (χ3n) is 5.34. The van der Waals surface area contributed by atoms with Crippen LogP contribution in [0.15, 0.2) is 42.9 Å². The number of pyridine rings is 1. The molecule has 184 valence electrons. The Bertz CT molecular complexity index is 1240. The molecular weight excluding hydrogens is 479 g/mol. The van der Waals surface area contributed by atoms with Crippen molar-refractivity contribution in [2.45, 2.75) is 6.42 Å². The Morgan fingerprint density at radius 1 is 1.29 bits per heavy atom. The summed E-state index contributed by atoms with van der Waals surface area (Å²) in [6.45, 7) is 1.59. The van der Waals surface area contributed by atoms with Crippen molar-refractivity contribution in [1.29, 1.82) is 0 Å². The van der Waals surface area contributed by atoms with E-state index < -0.39 is 17.9 Å². The zero-order valence-corrected chi connectivity index (χ0v) is 20.0. The number of rotatable bonds is 8. The Morgan fingerprint density at radius 2 is 2.11 bits per heavy atom. The van der Waals surface area contributed by atoms with Crippen molar-refractivity contribution in [2.24, 2.45) is 7.05 Å². The summed E-state index contributed by atoms with van der Waals surface area (Å²) in [6, 6.07) is 4.43. The monoisotopic (exact) mass is 502 g/mol. The molecule has 0 spiro atoms. The van der Waals surface area contributed by atoms with Crippen molar-refractivity contribution in [3.63, 3.8) is 0 Å². The number of anilines is 1. The van der Waals surface area contributed by atoms with Crippen LogP contribution in [0, 0.1) is 5.82 Å². The number of urea groups is 2. The van der Waals surface area contributed by atoms with Gasteiger partial charge >= 0.3 is 12.1 Å². The maximum absolute atomic E-state index is 14.8. The van der Waals surface area contributed by atoms with Crippen LogP contribution in [0.25, 0.3) is 11.3 Å². The SMILES string of the molecule is COCCCN1CCN(C(=O)Nc2cc(Cl)c(Oc3ccnc(-c4cnn(C)c4)c3)cc2F)C1=O. The van der Waals surface area contributed by atoms with E-state index in [0.717, 1.165) is 16.5 Å². The molecule has 0 radical (unpaired) electrons. The molecule has 10 nitrogen and oxygen atoms in total. The summed E-state index contributed by atoms with van der Waals surface area (Å²) < 4.78 is 27.2. The van der Waals surface area contributed by atoms with Crippen LogP contribution < -0.4 is 10.1 Å². The highest BCUT2D eigenvalue weighted by Gasteiger charge is 2.33. The first kappa shape index (κ1) is 24.4. The first-order chi connectivity index (χ1) is 16.9. The van der Waals surface area contributed by atoms with E-state index in [0.29, 0.717) is 37.6 Å². The second-order valence-corrected chi connectivity index (χ2v) is 8.25. The molecule has 4 rings (SSSR count). The van der Waals surface area contributed by atoms with Crippen LogP contribution in [-0.4, -0.2) is 70.0 Å². The Morgan fingerprint density at radius 3 is 2.86 bits per heavy atom. The van der Waals surface area contributed by atoms with E-state index in [1.807, 2.05) is 0 Å². The van der Waals surface area contributed by atoms with E-state index in [4.69, 9.17) is 21.1 Å². The van der Waals surface area contributed by atoms with Gasteiger partial charge in [-0.2, -0.15) is 5.10 Å². The summed E-state index contributed by atoms with van der Waals surface area (Å²) in [6.07, 6.45) is 5.69. The first-order valence-electron chi connectivity index (χ1n) is 10.8. The van der Waals surface area contributed by atoms with E-state index in [9.17, 15) is 14.0 Å². The molecule has 0 atom stereocenters. The molecule has 0 saturated carbocycles. The molecule has 1 fully saturated rings. The maximum atomic E-state index is 14.8. The molecule has 0 bridgehead atoms. The quantitative estimate of drug-likeness (QED) is 0.459. The van der Waals surface area contributed by atoms with Crippen molar-refractivity contribution >= 4 is 29.4 Å². The standard InChI is InChI=1S/C23H24ClFN6O4/c1-29-14-15(13-27-29)19-10-16(4-5-26-19)35-21-12-18(25)20(11-17(21)24)28-22(32)31-8-7-30(23(31)33)6-3-9-34-2/h4-5,10-14H,3,6-9H2,1-2H3,(H,28,32). The molecule has 35 heavy (non-hydrogen) atoms. The fourth-order valence-electron chi connectivity index (χ4n) is 3.58. The molecule has 1 aliphatic rings. The van der Waals surface area contributed by atoms with E-state index >= 15 is 0 Å². The number of aryl methyl sites for hydroxylation is 1. The molecule has 3 heterocycles. The number of hydrogen-bond acceptors (Lipinski definition) is 6. The molecule has 1 aromatic carbocycles. The second kappa shape index (κ2) is 10.7. The molecule has 2 aromatic heterocycles. The van der Waals surface area contributed by atoms with Gasteiger partial charge in [-0.25, -0.2) is 18.9 Å². The average Bonchev–Trinajstić information content (AvgIpc) is 3.43. The van der Waals surface area contributed by atoms with Gasteiger partial charge in [-0.15, -0.1) is 0 Å². The van der Waals surface area contributed by atoms with Crippen LogP contribution in [0.5, 0.6) is 11.5 Å². The molecule has 1 N–H and O–H groups in total. The number of nitrogens with one attached hydrogen (secondary N) is 1. The summed E-state index contributed by atoms with van der Waals surface area (Å²) in [5, 5.41) is 6.61. The number of carbonyl (C=O) groups is 2. The van der Waals surface area contributed by atoms with Crippen molar-refractivity contribution in [2.75, 3.05) is 38.7 Å². The third kappa shape index (κ3) is 5.69. The summed E-state index contributed by atoms with van der Waals surface area (Å²) in [7, 11) is 3.38. The summed E-state index contributed by atoms with van der Waals surface area (Å²) >= 11 is 6.30. The lowest BCUT2D eigenvalue weighted by molar-refractivity contribution is 0.171. The van der Waals surface area contributed by atoms with Crippen LogP contribution in [-0.2, 0) is 11.8 Å². The Kier molecular flexibility index (Phi) is 7.47. The lowest BCUT2D eigenvalue weighted by Crippen LogP contribution is -2.39. The van der Waals surface area contributed by atoms with E-state index in [1.165, 1.54) is 6.07 Å². The number of halogens is 2. The van der Waals surface area contributed by atoms with Crippen LogP contribution in [0.2, 0.25) is 5.02 Å². The highest BCUT2D eigenvalue weighted by molar-refractivity contribution is 6.32. The molecule has 12 heteroatoms. The van der Waals surface area contributed by atoms with Gasteiger partial charge in [0.25, 0.3) is 0 Å². The minimum Gasteiger partial charge on any atom is -0.456 e. The molecule has 1 aliphatic heterocycles. The van der Waals surface area contributed by atoms with Gasteiger partial charge in [0.05, 0.1) is 22.6 Å². The Hall–Kier alpha value is -3.70. The summed E-state index contributed by atoms with van der Waals surface area (Å²) in [5.74, 6) is -0.303. The van der Waals surface area contributed by atoms with Gasteiger partial charge in [0.2, 0.25) is 0 Å². The number of carbonyl (C=O) groups excluding carboxylic acids is 2. The van der Waals surface area contributed by atoms with Crippen LogP contribution in [0.4, 0.5) is 19.7 Å². The Balaban J connectivity index is 1.43. The predicted octanol–water partition coefficient (Wildman–Crippen LogP) is 4.37. The minimum atomic E-state index is -0.761. The fourth-order valence-corrected chi connectivity index (χ4v) is 3.78. The molecule has 0 aliphatic carbocycles. The lowest BCUT2D eigenvalue weighted by atomic mass is 10.2. The lowest BCUT2D eigenvalue weighted by Gasteiger charge is -2.18. The number of aromatic nitrogens is 3. The molecule has 1 saturated heterocycles. The summed E-state index contributed by atoms with van der Waals surface area (Å²) in [5.41, 5.74) is 1.26. The second-order valence-electron chi connectivity index (χ2n) is 7.84. The largest absolute Gasteiger partial charge is 0.456 e.